The van der Waals surface area contributed by atoms with Crippen LogP contribution in [0.15, 0.2) is 103 Å². The third-order valence-electron chi connectivity index (χ3n) is 5.65. The maximum absolute atomic E-state index is 2.52. The summed E-state index contributed by atoms with van der Waals surface area (Å²) in [5.41, 5.74) is 0. The first kappa shape index (κ1) is 16.8. The first-order chi connectivity index (χ1) is 13.3. The number of hydrogen-bond donors (Lipinski definition) is 0. The fraction of sp³-hybridized carbons (Fsp3) is 0.0400. The fourth-order valence-corrected chi connectivity index (χ4v) is 11.8. The van der Waals surface area contributed by atoms with Crippen molar-refractivity contribution in [1.82, 2.24) is 0 Å². The van der Waals surface area contributed by atoms with Gasteiger partial charge >= 0.3 is 167 Å². The van der Waals surface area contributed by atoms with Crippen LogP contribution in [0.1, 0.15) is 0 Å². The summed E-state index contributed by atoms with van der Waals surface area (Å²) in [6, 6.07) is 38.2. The Labute approximate surface area is 166 Å². The van der Waals surface area contributed by atoms with Gasteiger partial charge in [-0.1, -0.05) is 0 Å². The second kappa shape index (κ2) is 6.65. The van der Waals surface area contributed by atoms with E-state index >= 15 is 0 Å². The molecule has 1 heterocycles. The van der Waals surface area contributed by atoms with Crippen molar-refractivity contribution in [3.8, 4) is 0 Å². The van der Waals surface area contributed by atoms with Crippen LogP contribution >= 0.6 is 0 Å². The number of hydrogen-bond acceptors (Lipinski definition) is 0. The van der Waals surface area contributed by atoms with Crippen molar-refractivity contribution >= 4 is 57.4 Å². The predicted molar refractivity (Wildman–Crippen MR) is 122 cm³/mol. The molecule has 0 aliphatic carbocycles. The van der Waals surface area contributed by atoms with Gasteiger partial charge in [0.15, 0.2) is 0 Å². The van der Waals surface area contributed by atoms with Gasteiger partial charge in [0, 0.05) is 0 Å². The summed E-state index contributed by atoms with van der Waals surface area (Å²) in [6.07, 6.45) is 0. The van der Waals surface area contributed by atoms with Crippen molar-refractivity contribution in [2.24, 2.45) is 0 Å². The van der Waals surface area contributed by atoms with E-state index in [4.69, 9.17) is 0 Å². The number of benzene rings is 4. The zero-order chi connectivity index (χ0) is 18.3. The Bertz CT molecular complexity index is 1180. The van der Waals surface area contributed by atoms with Gasteiger partial charge in [0.1, 0.15) is 0 Å². The Morgan fingerprint density at radius 1 is 0.556 bits per heavy atom. The molecule has 0 saturated heterocycles. The topological polar surface area (TPSA) is 0 Å². The Hall–Kier alpha value is -2.38. The van der Waals surface area contributed by atoms with Gasteiger partial charge in [0.05, 0.1) is 0 Å². The maximum atomic E-state index is 2.52. The molecule has 0 nitrogen and oxygen atoms in total. The first-order valence-electron chi connectivity index (χ1n) is 9.30. The summed E-state index contributed by atoms with van der Waals surface area (Å²) in [5, 5.41) is 7.43. The average Bonchev–Trinajstić information content (AvgIpc) is 3.13. The molecule has 0 aliphatic heterocycles. The van der Waals surface area contributed by atoms with E-state index in [1.54, 1.807) is 9.45 Å². The molecule has 0 N–H and O–H groups in total. The van der Waals surface area contributed by atoms with E-state index in [0.717, 1.165) is 0 Å². The molecule has 27 heavy (non-hydrogen) atoms. The van der Waals surface area contributed by atoms with Crippen molar-refractivity contribution in [2.75, 3.05) is 0 Å². The summed E-state index contributed by atoms with van der Waals surface area (Å²) < 4.78 is 3.11. The zero-order valence-corrected chi connectivity index (χ0v) is 17.9. The van der Waals surface area contributed by atoms with Crippen LogP contribution in [-0.2, 0) is 0 Å². The van der Waals surface area contributed by atoms with Gasteiger partial charge in [-0.15, -0.1) is 0 Å². The second-order valence-electron chi connectivity index (χ2n) is 7.14. The van der Waals surface area contributed by atoms with Crippen LogP contribution in [0.2, 0.25) is 6.55 Å². The first-order valence-corrected chi connectivity index (χ1v) is 13.5. The molecule has 0 spiro atoms. The molecule has 0 bridgehead atoms. The van der Waals surface area contributed by atoms with Gasteiger partial charge in [-0.05, 0) is 0 Å². The van der Waals surface area contributed by atoms with Crippen LogP contribution in [-0.4, -0.2) is 22.6 Å². The molecular formula is C25H20SeSi. The van der Waals surface area contributed by atoms with Crippen LogP contribution in [0, 0.1) is 0 Å². The summed E-state index contributed by atoms with van der Waals surface area (Å²) in [7, 11) is -2.06. The van der Waals surface area contributed by atoms with Crippen molar-refractivity contribution in [3.05, 3.63) is 103 Å². The van der Waals surface area contributed by atoms with E-state index in [1.807, 2.05) is 0 Å². The third-order valence-corrected chi connectivity index (χ3v) is 13.1. The molecule has 0 unspecified atom stereocenters. The predicted octanol–water partition coefficient (Wildman–Crippen LogP) is 4.15. The van der Waals surface area contributed by atoms with Gasteiger partial charge in [-0.25, -0.2) is 0 Å². The van der Waals surface area contributed by atoms with E-state index in [0.29, 0.717) is 14.5 Å². The number of rotatable bonds is 3. The quantitative estimate of drug-likeness (QED) is 0.300. The Morgan fingerprint density at radius 2 is 1.11 bits per heavy atom. The molecule has 0 atom stereocenters. The van der Waals surface area contributed by atoms with Crippen molar-refractivity contribution < 1.29 is 0 Å². The van der Waals surface area contributed by atoms with Gasteiger partial charge in [-0.2, -0.15) is 0 Å². The summed E-state index contributed by atoms with van der Waals surface area (Å²) in [5.74, 6) is 0. The average molecular weight is 427 g/mol. The monoisotopic (exact) mass is 428 g/mol. The molecule has 2 heteroatoms. The summed E-state index contributed by atoms with van der Waals surface area (Å²) >= 11 is 0.375. The van der Waals surface area contributed by atoms with Gasteiger partial charge in [-0.3, -0.25) is 0 Å². The fourth-order valence-electron chi connectivity index (χ4n) is 4.16. The SMILES string of the molecule is C[Si](c1ccccc1)(c1ccccc1)c1cccc2c1[se]c1ccccc12. The van der Waals surface area contributed by atoms with Crippen LogP contribution in [0.25, 0.3) is 19.3 Å². The Balaban J connectivity index is 1.89. The van der Waals surface area contributed by atoms with Gasteiger partial charge in [0.2, 0.25) is 0 Å². The van der Waals surface area contributed by atoms with E-state index in [1.165, 1.54) is 25.4 Å². The van der Waals surface area contributed by atoms with Crippen LogP contribution in [0.3, 0.4) is 0 Å². The van der Waals surface area contributed by atoms with E-state index in [2.05, 4.69) is 110 Å². The zero-order valence-electron chi connectivity index (χ0n) is 15.2. The van der Waals surface area contributed by atoms with E-state index in [9.17, 15) is 0 Å². The second-order valence-corrected chi connectivity index (χ2v) is 13.3. The van der Waals surface area contributed by atoms with Crippen molar-refractivity contribution in [3.63, 3.8) is 0 Å². The molecule has 4 aromatic carbocycles. The molecule has 0 amide bonds. The van der Waals surface area contributed by atoms with Crippen molar-refractivity contribution in [2.45, 2.75) is 6.55 Å². The molecule has 0 aliphatic rings. The van der Waals surface area contributed by atoms with E-state index < -0.39 is 8.07 Å². The molecule has 0 radical (unpaired) electrons. The Morgan fingerprint density at radius 3 is 1.78 bits per heavy atom. The minimum atomic E-state index is -2.06. The van der Waals surface area contributed by atoms with Crippen LogP contribution in [0.5, 0.6) is 0 Å². The molecule has 130 valence electrons. The Kier molecular flexibility index (Phi) is 4.13. The number of fused-ring (bicyclic) bond motifs is 3. The van der Waals surface area contributed by atoms with Crippen molar-refractivity contribution in [1.29, 1.82) is 0 Å². The van der Waals surface area contributed by atoms with Crippen LogP contribution < -0.4 is 15.6 Å². The summed E-state index contributed by atoms with van der Waals surface area (Å²) in [6.45, 7) is 2.52. The molecule has 5 rings (SSSR count). The molecule has 1 aromatic heterocycles. The molecule has 5 aromatic rings. The van der Waals surface area contributed by atoms with Gasteiger partial charge < -0.3 is 0 Å². The minimum absolute atomic E-state index is 0.375. The third kappa shape index (κ3) is 2.64. The molecular weight excluding hydrogens is 407 g/mol. The summed E-state index contributed by atoms with van der Waals surface area (Å²) in [4.78, 5) is 0. The van der Waals surface area contributed by atoms with Crippen LogP contribution in [0.4, 0.5) is 0 Å². The molecule has 0 saturated carbocycles. The molecule has 0 fully saturated rings. The van der Waals surface area contributed by atoms with E-state index in [-0.39, 0.29) is 0 Å². The normalized spacial score (nSPS) is 11.9. The standard InChI is InChI=1S/C25H20SeSi/c1-27(19-11-4-2-5-12-19,20-13-6-3-7-14-20)24-18-10-16-22-21-15-8-9-17-23(21)26-25(22)24/h2-18H,1H3. The van der Waals surface area contributed by atoms with Gasteiger partial charge in [0.25, 0.3) is 0 Å².